The molecule has 0 aliphatic heterocycles. The number of carbonyl (C=O) groups excluding carboxylic acids is 1. The van der Waals surface area contributed by atoms with Gasteiger partial charge in [0, 0.05) is 17.9 Å². The van der Waals surface area contributed by atoms with Crippen LogP contribution in [0.2, 0.25) is 0 Å². The van der Waals surface area contributed by atoms with Gasteiger partial charge in [-0.3, -0.25) is 9.59 Å². The number of rotatable bonds is 6. The summed E-state index contributed by atoms with van der Waals surface area (Å²) < 4.78 is 0. The Morgan fingerprint density at radius 3 is 2.14 bits per heavy atom. The molecule has 0 aromatic heterocycles. The van der Waals surface area contributed by atoms with Crippen molar-refractivity contribution in [2.24, 2.45) is 0 Å². The third-order valence-corrected chi connectivity index (χ3v) is 3.50. The molecule has 2 aromatic rings. The predicted octanol–water partition coefficient (Wildman–Crippen LogP) is 3.83. The van der Waals surface area contributed by atoms with Crippen LogP contribution in [0.1, 0.15) is 40.2 Å². The average Bonchev–Trinajstić information content (AvgIpc) is 2.47. The van der Waals surface area contributed by atoms with Crippen molar-refractivity contribution in [1.29, 1.82) is 0 Å². The van der Waals surface area contributed by atoms with E-state index in [1.54, 1.807) is 12.1 Å². The van der Waals surface area contributed by atoms with Crippen molar-refractivity contribution in [3.05, 3.63) is 71.3 Å². The highest BCUT2D eigenvalue weighted by molar-refractivity contribution is 5.96. The lowest BCUT2D eigenvalue weighted by molar-refractivity contribution is -0.137. The fourth-order valence-corrected chi connectivity index (χ4v) is 2.32. The van der Waals surface area contributed by atoms with E-state index in [0.717, 1.165) is 11.1 Å². The molecule has 0 fully saturated rings. The van der Waals surface area contributed by atoms with E-state index in [1.165, 1.54) is 0 Å². The molecular weight excluding hydrogens is 264 g/mol. The number of carbonyl (C=O) groups is 2. The number of aryl methyl sites for hydroxylation is 1. The zero-order valence-electron chi connectivity index (χ0n) is 12.0. The molecular formula is C18H18O3. The topological polar surface area (TPSA) is 54.4 Å². The van der Waals surface area contributed by atoms with E-state index in [9.17, 15) is 9.59 Å². The summed E-state index contributed by atoms with van der Waals surface area (Å²) in [4.78, 5) is 23.4. The lowest BCUT2D eigenvalue weighted by atomic mass is 9.89. The third-order valence-electron chi connectivity index (χ3n) is 3.50. The van der Waals surface area contributed by atoms with Crippen molar-refractivity contribution in [2.45, 2.75) is 25.7 Å². The number of carboxylic acids is 1. The predicted molar refractivity (Wildman–Crippen MR) is 81.6 cm³/mol. The van der Waals surface area contributed by atoms with E-state index in [4.69, 9.17) is 5.11 Å². The SMILES string of the molecule is Cc1ccc(C(=O)CC(CC(=O)O)c2ccccc2)cc1. The molecule has 0 bridgehead atoms. The molecule has 2 aromatic carbocycles. The average molecular weight is 282 g/mol. The lowest BCUT2D eigenvalue weighted by Gasteiger charge is -2.14. The van der Waals surface area contributed by atoms with Crippen LogP contribution in [-0.2, 0) is 4.79 Å². The Morgan fingerprint density at radius 1 is 0.952 bits per heavy atom. The number of hydrogen-bond donors (Lipinski definition) is 1. The summed E-state index contributed by atoms with van der Waals surface area (Å²) in [6.45, 7) is 1.96. The number of carboxylic acid groups (broad SMARTS) is 1. The summed E-state index contributed by atoms with van der Waals surface area (Å²) in [5, 5.41) is 9.05. The molecule has 0 aliphatic carbocycles. The fraction of sp³-hybridized carbons (Fsp3) is 0.222. The molecule has 1 N–H and O–H groups in total. The second-order valence-corrected chi connectivity index (χ2v) is 5.20. The standard InChI is InChI=1S/C18H18O3/c1-13-7-9-15(10-8-13)17(19)11-16(12-18(20)21)14-5-3-2-4-6-14/h2-10,16H,11-12H2,1H3,(H,20,21). The Bertz CT molecular complexity index is 615. The Labute approximate surface area is 124 Å². The van der Waals surface area contributed by atoms with E-state index in [1.807, 2.05) is 49.4 Å². The van der Waals surface area contributed by atoms with Gasteiger partial charge in [-0.05, 0) is 12.5 Å². The van der Waals surface area contributed by atoms with E-state index in [0.29, 0.717) is 5.56 Å². The zero-order chi connectivity index (χ0) is 15.2. The molecule has 1 atom stereocenters. The van der Waals surface area contributed by atoms with Gasteiger partial charge >= 0.3 is 5.97 Å². The number of aliphatic carboxylic acids is 1. The van der Waals surface area contributed by atoms with Crippen molar-refractivity contribution in [3.8, 4) is 0 Å². The van der Waals surface area contributed by atoms with Gasteiger partial charge in [0.25, 0.3) is 0 Å². The number of hydrogen-bond acceptors (Lipinski definition) is 2. The molecule has 0 radical (unpaired) electrons. The van der Waals surface area contributed by atoms with Gasteiger partial charge in [0.05, 0.1) is 6.42 Å². The van der Waals surface area contributed by atoms with Crippen molar-refractivity contribution in [2.75, 3.05) is 0 Å². The van der Waals surface area contributed by atoms with Gasteiger partial charge in [-0.1, -0.05) is 60.2 Å². The van der Waals surface area contributed by atoms with Crippen LogP contribution < -0.4 is 0 Å². The molecule has 1 unspecified atom stereocenters. The van der Waals surface area contributed by atoms with E-state index in [-0.39, 0.29) is 24.5 Å². The first-order valence-corrected chi connectivity index (χ1v) is 6.93. The monoisotopic (exact) mass is 282 g/mol. The summed E-state index contributed by atoms with van der Waals surface area (Å²) in [7, 11) is 0. The van der Waals surface area contributed by atoms with E-state index < -0.39 is 5.97 Å². The molecule has 0 amide bonds. The smallest absolute Gasteiger partial charge is 0.303 e. The largest absolute Gasteiger partial charge is 0.481 e. The second-order valence-electron chi connectivity index (χ2n) is 5.20. The second kappa shape index (κ2) is 6.84. The molecule has 3 heteroatoms. The normalized spacial score (nSPS) is 11.9. The van der Waals surface area contributed by atoms with Crippen LogP contribution in [0, 0.1) is 6.92 Å². The summed E-state index contributed by atoms with van der Waals surface area (Å²) >= 11 is 0. The van der Waals surface area contributed by atoms with E-state index in [2.05, 4.69) is 0 Å². The first-order chi connectivity index (χ1) is 10.1. The van der Waals surface area contributed by atoms with Crippen LogP contribution >= 0.6 is 0 Å². The van der Waals surface area contributed by atoms with Crippen LogP contribution in [0.5, 0.6) is 0 Å². The Morgan fingerprint density at radius 2 is 1.57 bits per heavy atom. The molecule has 0 saturated heterocycles. The Kier molecular flexibility index (Phi) is 4.88. The molecule has 0 heterocycles. The minimum Gasteiger partial charge on any atom is -0.481 e. The molecule has 3 nitrogen and oxygen atoms in total. The Balaban J connectivity index is 2.17. The van der Waals surface area contributed by atoms with E-state index >= 15 is 0 Å². The molecule has 0 spiro atoms. The molecule has 108 valence electrons. The number of Topliss-reactive ketones (excluding diaryl/α,β-unsaturated/α-hetero) is 1. The van der Waals surface area contributed by atoms with Crippen molar-refractivity contribution >= 4 is 11.8 Å². The van der Waals surface area contributed by atoms with Crippen molar-refractivity contribution < 1.29 is 14.7 Å². The molecule has 21 heavy (non-hydrogen) atoms. The Hall–Kier alpha value is -2.42. The van der Waals surface area contributed by atoms with Crippen LogP contribution in [0.4, 0.5) is 0 Å². The maximum atomic E-state index is 12.3. The van der Waals surface area contributed by atoms with Crippen molar-refractivity contribution in [3.63, 3.8) is 0 Å². The van der Waals surface area contributed by atoms with Gasteiger partial charge in [0.15, 0.2) is 5.78 Å². The van der Waals surface area contributed by atoms with Crippen LogP contribution in [0.15, 0.2) is 54.6 Å². The lowest BCUT2D eigenvalue weighted by Crippen LogP contribution is -2.12. The highest BCUT2D eigenvalue weighted by Gasteiger charge is 2.20. The van der Waals surface area contributed by atoms with Crippen LogP contribution in [-0.4, -0.2) is 16.9 Å². The zero-order valence-corrected chi connectivity index (χ0v) is 12.0. The number of benzene rings is 2. The highest BCUT2D eigenvalue weighted by Crippen LogP contribution is 2.25. The minimum absolute atomic E-state index is 0.0231. The van der Waals surface area contributed by atoms with Gasteiger partial charge in [-0.2, -0.15) is 0 Å². The summed E-state index contributed by atoms with van der Waals surface area (Å²) in [6.07, 6.45) is 0.168. The van der Waals surface area contributed by atoms with Gasteiger partial charge in [-0.25, -0.2) is 0 Å². The van der Waals surface area contributed by atoms with Crippen molar-refractivity contribution in [1.82, 2.24) is 0 Å². The summed E-state index contributed by atoms with van der Waals surface area (Å²) in [5.41, 5.74) is 2.61. The van der Waals surface area contributed by atoms with Gasteiger partial charge in [0.1, 0.15) is 0 Å². The van der Waals surface area contributed by atoms with Gasteiger partial charge in [-0.15, -0.1) is 0 Å². The minimum atomic E-state index is -0.888. The summed E-state index contributed by atoms with van der Waals surface area (Å²) in [6, 6.07) is 16.7. The quantitative estimate of drug-likeness (QED) is 0.819. The van der Waals surface area contributed by atoms with Gasteiger partial charge in [0.2, 0.25) is 0 Å². The molecule has 2 rings (SSSR count). The maximum Gasteiger partial charge on any atom is 0.303 e. The molecule has 0 aliphatic rings. The fourth-order valence-electron chi connectivity index (χ4n) is 2.32. The first kappa shape index (κ1) is 15.0. The van der Waals surface area contributed by atoms with Crippen LogP contribution in [0.3, 0.4) is 0 Å². The first-order valence-electron chi connectivity index (χ1n) is 6.93. The number of ketones is 1. The highest BCUT2D eigenvalue weighted by atomic mass is 16.4. The summed E-state index contributed by atoms with van der Waals surface area (Å²) in [5.74, 6) is -1.21. The van der Waals surface area contributed by atoms with Crippen LogP contribution in [0.25, 0.3) is 0 Å². The molecule has 0 saturated carbocycles. The maximum absolute atomic E-state index is 12.3. The third kappa shape index (κ3) is 4.28. The van der Waals surface area contributed by atoms with Gasteiger partial charge < -0.3 is 5.11 Å².